The molecule has 0 aliphatic heterocycles. The fourth-order valence-electron chi connectivity index (χ4n) is 2.38. The molecule has 0 amide bonds. The van der Waals surface area contributed by atoms with Gasteiger partial charge in [0.05, 0.1) is 0 Å². The quantitative estimate of drug-likeness (QED) is 0.416. The molecule has 22 heavy (non-hydrogen) atoms. The van der Waals surface area contributed by atoms with E-state index in [1.165, 1.54) is 0 Å². The molecule has 0 saturated carbocycles. The molecule has 0 rings (SSSR count). The summed E-state index contributed by atoms with van der Waals surface area (Å²) in [5.74, 6) is 0.349. The number of unbranched alkanes of at least 4 members (excludes halogenated alkanes) is 1. The van der Waals surface area contributed by atoms with E-state index in [1.807, 2.05) is 13.8 Å². The van der Waals surface area contributed by atoms with Crippen molar-refractivity contribution in [3.8, 4) is 0 Å². The maximum atomic E-state index is 11.7. The molecule has 0 bridgehead atoms. The van der Waals surface area contributed by atoms with Crippen LogP contribution in [-0.2, 0) is 19.1 Å². The predicted octanol–water partition coefficient (Wildman–Crippen LogP) is 4.50. The number of hydrogen-bond acceptors (Lipinski definition) is 4. The van der Waals surface area contributed by atoms with E-state index in [-0.39, 0.29) is 24.1 Å². The molecule has 0 aliphatic carbocycles. The standard InChI is InChI=1S/C18H34O4/c1-7-15(13(3)4)21-17(19)11-9-10-12-18(20)22-16(8-2)14(5)6/h13-16H,7-12H2,1-6H3. The van der Waals surface area contributed by atoms with E-state index in [9.17, 15) is 9.59 Å². The van der Waals surface area contributed by atoms with Crippen molar-refractivity contribution >= 4 is 11.9 Å². The van der Waals surface area contributed by atoms with Gasteiger partial charge in [0, 0.05) is 12.8 Å². The van der Waals surface area contributed by atoms with E-state index in [4.69, 9.17) is 9.47 Å². The Hall–Kier alpha value is -1.06. The summed E-state index contributed by atoms with van der Waals surface area (Å²) in [6.45, 7) is 12.2. The smallest absolute Gasteiger partial charge is 0.306 e. The second kappa shape index (κ2) is 11.5. The van der Waals surface area contributed by atoms with E-state index in [2.05, 4.69) is 27.7 Å². The molecule has 4 heteroatoms. The largest absolute Gasteiger partial charge is 0.462 e. The van der Waals surface area contributed by atoms with E-state index >= 15 is 0 Å². The van der Waals surface area contributed by atoms with Crippen LogP contribution in [0.4, 0.5) is 0 Å². The molecular formula is C18H34O4. The van der Waals surface area contributed by atoms with E-state index in [0.29, 0.717) is 37.5 Å². The number of esters is 2. The van der Waals surface area contributed by atoms with Crippen LogP contribution in [0, 0.1) is 11.8 Å². The van der Waals surface area contributed by atoms with Gasteiger partial charge in [-0.1, -0.05) is 41.5 Å². The molecule has 0 fully saturated rings. The third-order valence-electron chi connectivity index (χ3n) is 3.87. The van der Waals surface area contributed by atoms with E-state index < -0.39 is 0 Å². The summed E-state index contributed by atoms with van der Waals surface area (Å²) in [5, 5.41) is 0. The van der Waals surface area contributed by atoms with Crippen LogP contribution < -0.4 is 0 Å². The SMILES string of the molecule is CCC(OC(=O)CCCCC(=O)OC(CC)C(C)C)C(C)C. The first-order valence-electron chi connectivity index (χ1n) is 8.70. The summed E-state index contributed by atoms with van der Waals surface area (Å²) >= 11 is 0. The van der Waals surface area contributed by atoms with E-state index in [0.717, 1.165) is 12.8 Å². The molecule has 0 radical (unpaired) electrons. The van der Waals surface area contributed by atoms with Crippen molar-refractivity contribution in [2.45, 2.75) is 92.3 Å². The zero-order valence-corrected chi connectivity index (χ0v) is 15.2. The second-order valence-corrected chi connectivity index (χ2v) is 6.57. The first-order chi connectivity index (χ1) is 10.3. The van der Waals surface area contributed by atoms with Gasteiger partial charge < -0.3 is 9.47 Å². The van der Waals surface area contributed by atoms with Crippen LogP contribution in [0.3, 0.4) is 0 Å². The number of carbonyl (C=O) groups is 2. The molecule has 0 saturated heterocycles. The van der Waals surface area contributed by atoms with Crippen LogP contribution in [0.15, 0.2) is 0 Å². The summed E-state index contributed by atoms with van der Waals surface area (Å²) < 4.78 is 10.9. The Bertz CT molecular complexity index is 291. The monoisotopic (exact) mass is 314 g/mol. The van der Waals surface area contributed by atoms with Gasteiger partial charge in [-0.05, 0) is 37.5 Å². The average Bonchev–Trinajstić information content (AvgIpc) is 2.45. The van der Waals surface area contributed by atoms with Crippen molar-refractivity contribution in [3.05, 3.63) is 0 Å². The van der Waals surface area contributed by atoms with Crippen LogP contribution in [-0.4, -0.2) is 24.1 Å². The maximum absolute atomic E-state index is 11.7. The summed E-state index contributed by atoms with van der Waals surface area (Å²) in [7, 11) is 0. The Labute approximate surface area is 135 Å². The zero-order valence-electron chi connectivity index (χ0n) is 15.2. The van der Waals surface area contributed by atoms with Crippen LogP contribution >= 0.6 is 0 Å². The highest BCUT2D eigenvalue weighted by Gasteiger charge is 2.17. The molecule has 130 valence electrons. The van der Waals surface area contributed by atoms with Gasteiger partial charge in [0.25, 0.3) is 0 Å². The highest BCUT2D eigenvalue weighted by Crippen LogP contribution is 2.14. The summed E-state index contributed by atoms with van der Waals surface area (Å²) in [6.07, 6.45) is 3.74. The maximum Gasteiger partial charge on any atom is 0.306 e. The lowest BCUT2D eigenvalue weighted by Crippen LogP contribution is -2.23. The lowest BCUT2D eigenvalue weighted by molar-refractivity contribution is -0.153. The average molecular weight is 314 g/mol. The summed E-state index contributed by atoms with van der Waals surface area (Å²) in [4.78, 5) is 23.5. The molecule has 0 heterocycles. The molecule has 0 N–H and O–H groups in total. The Morgan fingerprint density at radius 2 is 1.05 bits per heavy atom. The Morgan fingerprint density at radius 1 is 0.727 bits per heavy atom. The van der Waals surface area contributed by atoms with E-state index in [1.54, 1.807) is 0 Å². The lowest BCUT2D eigenvalue weighted by Gasteiger charge is -2.20. The molecule has 0 aromatic rings. The fraction of sp³-hybridized carbons (Fsp3) is 0.889. The van der Waals surface area contributed by atoms with Gasteiger partial charge in [-0.2, -0.15) is 0 Å². The van der Waals surface area contributed by atoms with Crippen LogP contribution in [0.5, 0.6) is 0 Å². The first kappa shape index (κ1) is 20.9. The van der Waals surface area contributed by atoms with Crippen LogP contribution in [0.1, 0.15) is 80.1 Å². The number of hydrogen-bond donors (Lipinski definition) is 0. The van der Waals surface area contributed by atoms with Gasteiger partial charge in [0.2, 0.25) is 0 Å². The second-order valence-electron chi connectivity index (χ2n) is 6.57. The molecule has 0 aromatic carbocycles. The highest BCUT2D eigenvalue weighted by molar-refractivity contribution is 5.70. The van der Waals surface area contributed by atoms with Gasteiger partial charge in [-0.25, -0.2) is 0 Å². The van der Waals surface area contributed by atoms with Gasteiger partial charge in [-0.3, -0.25) is 9.59 Å². The van der Waals surface area contributed by atoms with Crippen molar-refractivity contribution in [3.63, 3.8) is 0 Å². The van der Waals surface area contributed by atoms with Crippen molar-refractivity contribution in [2.24, 2.45) is 11.8 Å². The molecular weight excluding hydrogens is 280 g/mol. The summed E-state index contributed by atoms with van der Waals surface area (Å²) in [6, 6.07) is 0. The first-order valence-corrected chi connectivity index (χ1v) is 8.70. The third kappa shape index (κ3) is 9.06. The van der Waals surface area contributed by atoms with Crippen molar-refractivity contribution in [2.75, 3.05) is 0 Å². The van der Waals surface area contributed by atoms with Gasteiger partial charge in [0.1, 0.15) is 12.2 Å². The van der Waals surface area contributed by atoms with Gasteiger partial charge >= 0.3 is 11.9 Å². The minimum atomic E-state index is -0.164. The molecule has 0 aliphatic rings. The normalized spacial score (nSPS) is 14.0. The number of ether oxygens (including phenoxy) is 2. The summed E-state index contributed by atoms with van der Waals surface area (Å²) in [5.41, 5.74) is 0. The van der Waals surface area contributed by atoms with Crippen molar-refractivity contribution in [1.29, 1.82) is 0 Å². The molecule has 2 unspecified atom stereocenters. The zero-order chi connectivity index (χ0) is 17.1. The molecule has 2 atom stereocenters. The number of rotatable bonds is 11. The highest BCUT2D eigenvalue weighted by atomic mass is 16.5. The fourth-order valence-corrected chi connectivity index (χ4v) is 2.38. The van der Waals surface area contributed by atoms with Crippen LogP contribution in [0.25, 0.3) is 0 Å². The molecule has 0 spiro atoms. The Kier molecular flexibility index (Phi) is 10.9. The van der Waals surface area contributed by atoms with Crippen molar-refractivity contribution < 1.29 is 19.1 Å². The Morgan fingerprint density at radius 3 is 1.27 bits per heavy atom. The molecule has 0 aromatic heterocycles. The number of carbonyl (C=O) groups excluding carboxylic acids is 2. The lowest BCUT2D eigenvalue weighted by atomic mass is 10.0. The molecule has 4 nitrogen and oxygen atoms in total. The topological polar surface area (TPSA) is 52.6 Å². The van der Waals surface area contributed by atoms with Crippen molar-refractivity contribution in [1.82, 2.24) is 0 Å². The Balaban J connectivity index is 3.88. The minimum absolute atomic E-state index is 0.00572. The minimum Gasteiger partial charge on any atom is -0.462 e. The van der Waals surface area contributed by atoms with Crippen LogP contribution in [0.2, 0.25) is 0 Å². The predicted molar refractivity (Wildman–Crippen MR) is 88.5 cm³/mol. The van der Waals surface area contributed by atoms with Gasteiger partial charge in [0.15, 0.2) is 0 Å². The third-order valence-corrected chi connectivity index (χ3v) is 3.87. The van der Waals surface area contributed by atoms with Gasteiger partial charge in [-0.15, -0.1) is 0 Å².